The second-order valence-electron chi connectivity index (χ2n) is 8.07. The van der Waals surface area contributed by atoms with Crippen molar-refractivity contribution in [2.24, 2.45) is 0 Å². The van der Waals surface area contributed by atoms with Crippen molar-refractivity contribution in [1.82, 2.24) is 0 Å². The first-order chi connectivity index (χ1) is 14.5. The molecule has 0 bridgehead atoms. The predicted octanol–water partition coefficient (Wildman–Crippen LogP) is 5.87. The average Bonchev–Trinajstić information content (AvgIpc) is 3.03. The maximum atomic E-state index is 13.7. The van der Waals surface area contributed by atoms with Crippen LogP contribution in [0.3, 0.4) is 0 Å². The lowest BCUT2D eigenvalue weighted by Crippen LogP contribution is -2.44. The summed E-state index contributed by atoms with van der Waals surface area (Å²) < 4.78 is 18.8. The van der Waals surface area contributed by atoms with E-state index in [2.05, 4.69) is 12.2 Å². The Kier molecular flexibility index (Phi) is 6.39. The van der Waals surface area contributed by atoms with Crippen LogP contribution in [0.2, 0.25) is 0 Å². The molecule has 1 aromatic carbocycles. The number of thiophene rings is 1. The first-order valence-corrected chi connectivity index (χ1v) is 11.8. The molecule has 1 aliphatic carbocycles. The SMILES string of the molecule is COC(=O)c1c(NC(=S)N2c3ccc(F)cc3CCC2C)sc2c1CCCCCC2. The number of carbonyl (C=O) groups excluding carboxylic acids is 1. The van der Waals surface area contributed by atoms with E-state index in [1.165, 1.54) is 30.9 Å². The van der Waals surface area contributed by atoms with Crippen LogP contribution in [-0.2, 0) is 24.0 Å². The molecule has 0 fully saturated rings. The van der Waals surface area contributed by atoms with Crippen LogP contribution in [0.5, 0.6) is 0 Å². The van der Waals surface area contributed by atoms with Gasteiger partial charge in [-0.3, -0.25) is 0 Å². The number of esters is 1. The van der Waals surface area contributed by atoms with Crippen molar-refractivity contribution in [2.75, 3.05) is 17.3 Å². The van der Waals surface area contributed by atoms with Crippen molar-refractivity contribution in [1.29, 1.82) is 0 Å². The summed E-state index contributed by atoms with van der Waals surface area (Å²) in [4.78, 5) is 16.0. The average molecular weight is 447 g/mol. The van der Waals surface area contributed by atoms with Crippen LogP contribution >= 0.6 is 23.6 Å². The number of hydrogen-bond acceptors (Lipinski definition) is 4. The Labute approximate surface area is 186 Å². The van der Waals surface area contributed by atoms with Gasteiger partial charge >= 0.3 is 5.97 Å². The Morgan fingerprint density at radius 3 is 2.77 bits per heavy atom. The molecule has 2 aliphatic rings. The van der Waals surface area contributed by atoms with Gasteiger partial charge in [-0.2, -0.15) is 0 Å². The van der Waals surface area contributed by atoms with Crippen molar-refractivity contribution in [3.8, 4) is 0 Å². The van der Waals surface area contributed by atoms with Gasteiger partial charge in [0.25, 0.3) is 0 Å². The summed E-state index contributed by atoms with van der Waals surface area (Å²) in [5, 5.41) is 4.66. The fourth-order valence-corrected chi connectivity index (χ4v) is 6.23. The van der Waals surface area contributed by atoms with Gasteiger partial charge in [0.15, 0.2) is 5.11 Å². The predicted molar refractivity (Wildman–Crippen MR) is 124 cm³/mol. The quantitative estimate of drug-likeness (QED) is 0.461. The zero-order valence-corrected chi connectivity index (χ0v) is 19.1. The number of aryl methyl sites for hydroxylation is 2. The van der Waals surface area contributed by atoms with Crippen LogP contribution in [0, 0.1) is 5.82 Å². The molecule has 30 heavy (non-hydrogen) atoms. The van der Waals surface area contributed by atoms with Gasteiger partial charge in [0, 0.05) is 16.6 Å². The molecule has 0 amide bonds. The number of anilines is 2. The summed E-state index contributed by atoms with van der Waals surface area (Å²) in [6.45, 7) is 2.12. The molecule has 0 spiro atoms. The lowest BCUT2D eigenvalue weighted by atomic mass is 9.96. The molecule has 7 heteroatoms. The number of fused-ring (bicyclic) bond motifs is 2. The monoisotopic (exact) mass is 446 g/mol. The van der Waals surface area contributed by atoms with Gasteiger partial charge in [-0.25, -0.2) is 9.18 Å². The molecule has 1 aromatic heterocycles. The fourth-order valence-electron chi connectivity index (χ4n) is 4.51. The maximum Gasteiger partial charge on any atom is 0.341 e. The minimum atomic E-state index is -0.312. The maximum absolute atomic E-state index is 13.7. The minimum Gasteiger partial charge on any atom is -0.465 e. The molecule has 160 valence electrons. The van der Waals surface area contributed by atoms with E-state index in [0.29, 0.717) is 10.7 Å². The van der Waals surface area contributed by atoms with Gasteiger partial charge in [-0.05, 0) is 87.0 Å². The van der Waals surface area contributed by atoms with Crippen LogP contribution in [0.25, 0.3) is 0 Å². The number of benzene rings is 1. The molecule has 2 aromatic rings. The summed E-state index contributed by atoms with van der Waals surface area (Å²) in [7, 11) is 1.43. The summed E-state index contributed by atoms with van der Waals surface area (Å²) in [6, 6.07) is 5.05. The summed E-state index contributed by atoms with van der Waals surface area (Å²) >= 11 is 7.41. The third kappa shape index (κ3) is 4.10. The molecule has 1 atom stereocenters. The Bertz CT molecular complexity index is 972. The highest BCUT2D eigenvalue weighted by Gasteiger charge is 2.30. The zero-order chi connectivity index (χ0) is 21.3. The second kappa shape index (κ2) is 9.02. The third-order valence-corrected chi connectivity index (χ3v) is 7.58. The minimum absolute atomic E-state index is 0.186. The molecule has 1 aliphatic heterocycles. The van der Waals surface area contributed by atoms with Crippen molar-refractivity contribution in [3.05, 3.63) is 45.6 Å². The number of thiocarbonyl (C=S) groups is 1. The van der Waals surface area contributed by atoms with Gasteiger partial charge in [0.05, 0.1) is 12.7 Å². The number of hydrogen-bond donors (Lipinski definition) is 1. The molecule has 4 rings (SSSR count). The lowest BCUT2D eigenvalue weighted by molar-refractivity contribution is 0.0601. The number of rotatable bonds is 2. The largest absolute Gasteiger partial charge is 0.465 e. The highest BCUT2D eigenvalue weighted by Crippen LogP contribution is 2.39. The molecule has 1 N–H and O–H groups in total. The molecule has 0 radical (unpaired) electrons. The highest BCUT2D eigenvalue weighted by atomic mass is 32.1. The number of halogens is 1. The van der Waals surface area contributed by atoms with Crippen molar-refractivity contribution < 1.29 is 13.9 Å². The van der Waals surface area contributed by atoms with E-state index in [4.69, 9.17) is 17.0 Å². The fraction of sp³-hybridized carbons (Fsp3) is 0.478. The molecule has 2 heterocycles. The topological polar surface area (TPSA) is 41.6 Å². The van der Waals surface area contributed by atoms with Gasteiger partial charge < -0.3 is 15.0 Å². The van der Waals surface area contributed by atoms with Gasteiger partial charge in [0.1, 0.15) is 10.8 Å². The number of nitrogens with one attached hydrogen (secondary N) is 1. The van der Waals surface area contributed by atoms with Crippen LogP contribution in [-0.4, -0.2) is 24.2 Å². The molecule has 0 saturated heterocycles. The van der Waals surface area contributed by atoms with Gasteiger partial charge in [0.2, 0.25) is 0 Å². The summed E-state index contributed by atoms with van der Waals surface area (Å²) in [5.74, 6) is -0.541. The van der Waals surface area contributed by atoms with Crippen molar-refractivity contribution in [3.63, 3.8) is 0 Å². The number of nitrogens with zero attached hydrogens (tertiary/aromatic N) is 1. The standard InChI is InChI=1S/C23H27FN2O2S2/c1-14-9-10-15-13-16(24)11-12-18(15)26(14)23(29)25-21-20(22(27)28-2)17-7-5-3-4-6-8-19(17)30-21/h11-14H,3-10H2,1-2H3,(H,25,29). The van der Waals surface area contributed by atoms with Gasteiger partial charge in [-0.15, -0.1) is 11.3 Å². The summed E-state index contributed by atoms with van der Waals surface area (Å²) in [5.41, 5.74) is 3.64. The van der Waals surface area contributed by atoms with Crippen LogP contribution in [0.15, 0.2) is 18.2 Å². The molecule has 0 saturated carbocycles. The number of carbonyl (C=O) groups is 1. The number of methoxy groups -OCH3 is 1. The Hall–Kier alpha value is -1.99. The number of ether oxygens (including phenoxy) is 1. The van der Waals surface area contributed by atoms with Crippen molar-refractivity contribution in [2.45, 2.75) is 64.3 Å². The molecule has 1 unspecified atom stereocenters. The first-order valence-electron chi connectivity index (χ1n) is 10.6. The van der Waals surface area contributed by atoms with E-state index < -0.39 is 0 Å². The highest BCUT2D eigenvalue weighted by molar-refractivity contribution is 7.80. The molecular weight excluding hydrogens is 419 g/mol. The van der Waals surface area contributed by atoms with E-state index in [9.17, 15) is 9.18 Å². The molecular formula is C23H27FN2O2S2. The van der Waals surface area contributed by atoms with Crippen LogP contribution < -0.4 is 10.2 Å². The van der Waals surface area contributed by atoms with E-state index >= 15 is 0 Å². The normalized spacial score (nSPS) is 18.6. The Morgan fingerprint density at radius 2 is 2.00 bits per heavy atom. The van der Waals surface area contributed by atoms with E-state index in [1.807, 2.05) is 4.90 Å². The lowest BCUT2D eigenvalue weighted by Gasteiger charge is -2.37. The Balaban J connectivity index is 1.68. The van der Waals surface area contributed by atoms with Crippen LogP contribution in [0.4, 0.5) is 15.1 Å². The van der Waals surface area contributed by atoms with E-state index in [1.54, 1.807) is 23.5 Å². The zero-order valence-electron chi connectivity index (χ0n) is 17.4. The first kappa shape index (κ1) is 21.2. The van der Waals surface area contributed by atoms with E-state index in [0.717, 1.165) is 60.3 Å². The van der Waals surface area contributed by atoms with Crippen molar-refractivity contribution >= 4 is 45.3 Å². The van der Waals surface area contributed by atoms with E-state index in [-0.39, 0.29) is 17.8 Å². The third-order valence-electron chi connectivity index (χ3n) is 6.07. The van der Waals surface area contributed by atoms with Gasteiger partial charge in [-0.1, -0.05) is 12.8 Å². The summed E-state index contributed by atoms with van der Waals surface area (Å²) in [6.07, 6.45) is 8.24. The van der Waals surface area contributed by atoms with Crippen LogP contribution in [0.1, 0.15) is 65.4 Å². The smallest absolute Gasteiger partial charge is 0.341 e. The Morgan fingerprint density at radius 1 is 1.23 bits per heavy atom. The second-order valence-corrected chi connectivity index (χ2v) is 9.57. The molecule has 4 nitrogen and oxygen atoms in total.